The summed E-state index contributed by atoms with van der Waals surface area (Å²) in [5.41, 5.74) is 2.07. The highest BCUT2D eigenvalue weighted by molar-refractivity contribution is 5.84. The summed E-state index contributed by atoms with van der Waals surface area (Å²) >= 11 is 0. The van der Waals surface area contributed by atoms with Crippen molar-refractivity contribution in [3.8, 4) is 0 Å². The second-order valence-electron chi connectivity index (χ2n) is 6.58. The summed E-state index contributed by atoms with van der Waals surface area (Å²) in [5.74, 6) is 1.09. The van der Waals surface area contributed by atoms with E-state index < -0.39 is 5.41 Å². The fourth-order valence-corrected chi connectivity index (χ4v) is 2.21. The van der Waals surface area contributed by atoms with Crippen molar-refractivity contribution in [1.29, 1.82) is 0 Å². The lowest BCUT2D eigenvalue weighted by Crippen LogP contribution is -2.47. The molecular weight excluding hydrogens is 288 g/mol. The molecule has 1 unspecified atom stereocenters. The molecule has 1 rings (SSSR count). The van der Waals surface area contributed by atoms with Gasteiger partial charge in [-0.05, 0) is 32.3 Å². The van der Waals surface area contributed by atoms with Gasteiger partial charge in [-0.2, -0.15) is 0 Å². The normalized spacial score (nSPS) is 13.4. The number of carbonyl (C=O) groups excluding carboxylic acids is 1. The van der Waals surface area contributed by atoms with E-state index in [1.807, 2.05) is 13.8 Å². The standard InChI is InChI=1S/C18H30N4O/c1-13-7-9-15(10-8-13)14(2)11-21-17(20-6)22-12-18(3,4)16(23)19-5/h7-10,14H,11-12H2,1-6H3,(H,19,23)(H2,20,21,22). The fraction of sp³-hybridized carbons (Fsp3) is 0.556. The molecule has 1 aromatic rings. The number of amides is 1. The molecule has 1 amide bonds. The average Bonchev–Trinajstić information content (AvgIpc) is 2.54. The molecule has 0 saturated heterocycles. The van der Waals surface area contributed by atoms with Crippen molar-refractivity contribution >= 4 is 11.9 Å². The predicted molar refractivity (Wildman–Crippen MR) is 96.8 cm³/mol. The lowest BCUT2D eigenvalue weighted by molar-refractivity contribution is -0.128. The van der Waals surface area contributed by atoms with Crippen LogP contribution >= 0.6 is 0 Å². The predicted octanol–water partition coefficient (Wildman–Crippen LogP) is 2.04. The van der Waals surface area contributed by atoms with Gasteiger partial charge in [-0.25, -0.2) is 0 Å². The number of aryl methyl sites for hydroxylation is 1. The third-order valence-corrected chi connectivity index (χ3v) is 3.99. The van der Waals surface area contributed by atoms with Gasteiger partial charge in [-0.15, -0.1) is 0 Å². The first kappa shape index (κ1) is 19.0. The monoisotopic (exact) mass is 318 g/mol. The molecule has 0 spiro atoms. The lowest BCUT2D eigenvalue weighted by Gasteiger charge is -2.24. The zero-order chi connectivity index (χ0) is 17.5. The third kappa shape index (κ3) is 5.93. The summed E-state index contributed by atoms with van der Waals surface area (Å²) in [4.78, 5) is 16.0. The Balaban J connectivity index is 2.51. The van der Waals surface area contributed by atoms with Gasteiger partial charge in [0.15, 0.2) is 5.96 Å². The average molecular weight is 318 g/mol. The second-order valence-corrected chi connectivity index (χ2v) is 6.58. The maximum absolute atomic E-state index is 11.8. The Morgan fingerprint density at radius 3 is 2.35 bits per heavy atom. The van der Waals surface area contributed by atoms with Gasteiger partial charge in [0.1, 0.15) is 0 Å². The van der Waals surface area contributed by atoms with Crippen molar-refractivity contribution < 1.29 is 4.79 Å². The number of aliphatic imine (C=N–C) groups is 1. The zero-order valence-corrected chi connectivity index (χ0v) is 15.2. The van der Waals surface area contributed by atoms with E-state index in [0.717, 1.165) is 6.54 Å². The van der Waals surface area contributed by atoms with Gasteiger partial charge in [-0.1, -0.05) is 36.8 Å². The molecule has 5 nitrogen and oxygen atoms in total. The fourth-order valence-electron chi connectivity index (χ4n) is 2.21. The van der Waals surface area contributed by atoms with Crippen molar-refractivity contribution in [2.75, 3.05) is 27.2 Å². The van der Waals surface area contributed by atoms with Crippen LogP contribution in [0.15, 0.2) is 29.3 Å². The van der Waals surface area contributed by atoms with Crippen molar-refractivity contribution in [3.63, 3.8) is 0 Å². The van der Waals surface area contributed by atoms with Gasteiger partial charge in [0, 0.05) is 27.2 Å². The second kappa shape index (κ2) is 8.56. The summed E-state index contributed by atoms with van der Waals surface area (Å²) < 4.78 is 0. The largest absolute Gasteiger partial charge is 0.359 e. The molecule has 0 aliphatic heterocycles. The highest BCUT2D eigenvalue weighted by Gasteiger charge is 2.26. The van der Waals surface area contributed by atoms with Crippen molar-refractivity contribution in [1.82, 2.24) is 16.0 Å². The molecule has 3 N–H and O–H groups in total. The number of nitrogens with one attached hydrogen (secondary N) is 3. The van der Waals surface area contributed by atoms with E-state index in [9.17, 15) is 4.79 Å². The maximum Gasteiger partial charge on any atom is 0.227 e. The van der Waals surface area contributed by atoms with Crippen molar-refractivity contribution in [2.45, 2.75) is 33.6 Å². The summed E-state index contributed by atoms with van der Waals surface area (Å²) in [6.07, 6.45) is 0. The molecule has 5 heteroatoms. The van der Waals surface area contributed by atoms with Gasteiger partial charge in [0.25, 0.3) is 0 Å². The summed E-state index contributed by atoms with van der Waals surface area (Å²) in [5, 5.41) is 9.22. The molecule has 0 saturated carbocycles. The summed E-state index contributed by atoms with van der Waals surface area (Å²) in [6.45, 7) is 9.38. The van der Waals surface area contributed by atoms with E-state index in [-0.39, 0.29) is 5.91 Å². The Labute approximate surface area is 140 Å². The molecule has 1 aromatic carbocycles. The molecule has 0 aliphatic carbocycles. The first-order chi connectivity index (χ1) is 10.8. The minimum Gasteiger partial charge on any atom is -0.359 e. The van der Waals surface area contributed by atoms with E-state index in [1.54, 1.807) is 14.1 Å². The number of rotatable bonds is 6. The van der Waals surface area contributed by atoms with Gasteiger partial charge in [-0.3, -0.25) is 9.79 Å². The number of guanidine groups is 1. The minimum atomic E-state index is -0.491. The molecule has 23 heavy (non-hydrogen) atoms. The number of hydrogen-bond acceptors (Lipinski definition) is 2. The number of nitrogens with zero attached hydrogens (tertiary/aromatic N) is 1. The van der Waals surface area contributed by atoms with E-state index in [1.165, 1.54) is 11.1 Å². The van der Waals surface area contributed by atoms with Gasteiger partial charge >= 0.3 is 0 Å². The molecule has 0 aliphatic rings. The number of carbonyl (C=O) groups is 1. The smallest absolute Gasteiger partial charge is 0.227 e. The van der Waals surface area contributed by atoms with Crippen molar-refractivity contribution in [3.05, 3.63) is 35.4 Å². The lowest BCUT2D eigenvalue weighted by atomic mass is 9.92. The van der Waals surface area contributed by atoms with Gasteiger partial charge in [0.2, 0.25) is 5.91 Å². The first-order valence-electron chi connectivity index (χ1n) is 8.03. The SMILES string of the molecule is CN=C(NCC(C)c1ccc(C)cc1)NCC(C)(C)C(=O)NC. The Kier molecular flexibility index (Phi) is 7.07. The van der Waals surface area contributed by atoms with E-state index in [0.29, 0.717) is 18.4 Å². The van der Waals surface area contributed by atoms with Crippen LogP contribution in [0.25, 0.3) is 0 Å². The zero-order valence-electron chi connectivity index (χ0n) is 15.2. The van der Waals surface area contributed by atoms with Crippen LogP contribution in [-0.2, 0) is 4.79 Å². The first-order valence-corrected chi connectivity index (χ1v) is 8.03. The van der Waals surface area contributed by atoms with E-state index in [2.05, 4.69) is 59.1 Å². The molecule has 0 heterocycles. The van der Waals surface area contributed by atoms with Crippen LogP contribution in [0.4, 0.5) is 0 Å². The van der Waals surface area contributed by atoms with Crippen LogP contribution in [0.3, 0.4) is 0 Å². The molecule has 0 fully saturated rings. The summed E-state index contributed by atoms with van der Waals surface area (Å²) in [7, 11) is 3.39. The van der Waals surface area contributed by atoms with E-state index >= 15 is 0 Å². The Bertz CT molecular complexity index is 534. The highest BCUT2D eigenvalue weighted by Crippen LogP contribution is 2.15. The van der Waals surface area contributed by atoms with Crippen LogP contribution < -0.4 is 16.0 Å². The van der Waals surface area contributed by atoms with Crippen LogP contribution in [0.5, 0.6) is 0 Å². The minimum absolute atomic E-state index is 0.00785. The number of benzene rings is 1. The van der Waals surface area contributed by atoms with Crippen LogP contribution in [0.1, 0.15) is 37.8 Å². The maximum atomic E-state index is 11.8. The van der Waals surface area contributed by atoms with Crippen LogP contribution in [0, 0.1) is 12.3 Å². The molecule has 1 atom stereocenters. The van der Waals surface area contributed by atoms with Crippen LogP contribution in [-0.4, -0.2) is 39.1 Å². The Morgan fingerprint density at radius 1 is 1.22 bits per heavy atom. The van der Waals surface area contributed by atoms with Gasteiger partial charge < -0.3 is 16.0 Å². The highest BCUT2D eigenvalue weighted by atomic mass is 16.2. The number of hydrogen-bond donors (Lipinski definition) is 3. The van der Waals surface area contributed by atoms with Crippen molar-refractivity contribution in [2.24, 2.45) is 10.4 Å². The summed E-state index contributed by atoms with van der Waals surface area (Å²) in [6, 6.07) is 8.58. The quantitative estimate of drug-likeness (QED) is 0.555. The molecule has 0 radical (unpaired) electrons. The van der Waals surface area contributed by atoms with E-state index in [4.69, 9.17) is 0 Å². The topological polar surface area (TPSA) is 65.5 Å². The Morgan fingerprint density at radius 2 is 1.83 bits per heavy atom. The molecule has 128 valence electrons. The molecular formula is C18H30N4O. The third-order valence-electron chi connectivity index (χ3n) is 3.99. The molecule has 0 aromatic heterocycles. The van der Waals surface area contributed by atoms with Gasteiger partial charge in [0.05, 0.1) is 5.41 Å². The van der Waals surface area contributed by atoms with Crippen LogP contribution in [0.2, 0.25) is 0 Å². The Hall–Kier alpha value is -2.04. The molecule has 0 bridgehead atoms.